The van der Waals surface area contributed by atoms with Crippen molar-refractivity contribution < 1.29 is 39.5 Å². The smallest absolute Gasteiger partial charge is 0.326 e. The van der Waals surface area contributed by atoms with Crippen molar-refractivity contribution in [2.75, 3.05) is 27.4 Å². The molecule has 4 aromatic rings. The Morgan fingerprint density at radius 1 is 0.667 bits per heavy atom. The Bertz CT molecular complexity index is 1690. The first-order valence-electron chi connectivity index (χ1n) is 14.7. The first kappa shape index (κ1) is 36.5. The molecule has 0 aliphatic heterocycles. The van der Waals surface area contributed by atoms with E-state index in [1.165, 1.54) is 28.1 Å². The van der Waals surface area contributed by atoms with Gasteiger partial charge in [-0.15, -0.1) is 0 Å². The van der Waals surface area contributed by atoms with E-state index in [1.54, 1.807) is 24.3 Å². The molecule has 0 aliphatic carbocycles. The van der Waals surface area contributed by atoms with Gasteiger partial charge in [0.2, 0.25) is 11.8 Å². The Balaban J connectivity index is 1.66. The molecular weight excluding hydrogens is 663 g/mol. The minimum atomic E-state index is -1.54. The molecule has 4 rings (SSSR count). The summed E-state index contributed by atoms with van der Waals surface area (Å²) in [6.45, 7) is 1.72. The molecule has 0 radical (unpaired) electrons. The second kappa shape index (κ2) is 15.3. The lowest BCUT2D eigenvalue weighted by atomic mass is 9.98. The lowest BCUT2D eigenvalue weighted by molar-refractivity contribution is -0.146. The van der Waals surface area contributed by atoms with Crippen LogP contribution in [0.2, 0.25) is 10.0 Å². The van der Waals surface area contributed by atoms with Gasteiger partial charge < -0.3 is 29.9 Å². The van der Waals surface area contributed by atoms with E-state index in [9.17, 15) is 30.0 Å². The van der Waals surface area contributed by atoms with Crippen LogP contribution < -0.4 is 20.1 Å². The lowest BCUT2D eigenvalue weighted by Gasteiger charge is -2.24. The molecule has 2 atom stereocenters. The van der Waals surface area contributed by atoms with Crippen LogP contribution in [0.25, 0.3) is 33.6 Å². The number of halogens is 2. The number of hydrogen-bond acceptors (Lipinski definition) is 10. The number of aliphatic carboxylic acids is 2. The van der Waals surface area contributed by atoms with Crippen LogP contribution in [0.1, 0.15) is 25.0 Å². The predicted octanol–water partition coefficient (Wildman–Crippen LogP) is 4.65. The number of benzene rings is 2. The Morgan fingerprint density at radius 3 is 1.33 bits per heavy atom. The van der Waals surface area contributed by atoms with E-state index in [4.69, 9.17) is 32.7 Å². The van der Waals surface area contributed by atoms with Gasteiger partial charge >= 0.3 is 11.9 Å². The van der Waals surface area contributed by atoms with Crippen LogP contribution >= 0.6 is 23.2 Å². The molecule has 0 fully saturated rings. The summed E-state index contributed by atoms with van der Waals surface area (Å²) in [5.41, 5.74) is 1.58. The van der Waals surface area contributed by atoms with Gasteiger partial charge in [-0.1, -0.05) is 71.7 Å². The largest absolute Gasteiger partial charge is 0.481 e. The molecule has 0 saturated heterocycles. The normalized spacial score (nSPS) is 13.8. The van der Waals surface area contributed by atoms with Crippen molar-refractivity contribution in [3.05, 3.63) is 81.8 Å². The highest BCUT2D eigenvalue weighted by Gasteiger charge is 2.33. The van der Waals surface area contributed by atoms with Crippen molar-refractivity contribution in [3.63, 3.8) is 0 Å². The number of carbonyl (C=O) groups is 2. The molecule has 0 amide bonds. The molecule has 0 spiro atoms. The predicted molar refractivity (Wildman–Crippen MR) is 181 cm³/mol. The van der Waals surface area contributed by atoms with E-state index in [0.29, 0.717) is 54.8 Å². The number of aromatic nitrogens is 2. The Hall–Kier alpha value is -4.30. The number of hydrogen-bond donors (Lipinski definition) is 6. The molecule has 0 bridgehead atoms. The van der Waals surface area contributed by atoms with Gasteiger partial charge in [0.1, 0.15) is 11.1 Å². The third-order valence-corrected chi connectivity index (χ3v) is 8.83. The van der Waals surface area contributed by atoms with Crippen LogP contribution in [-0.2, 0) is 22.7 Å². The first-order valence-corrected chi connectivity index (χ1v) is 15.4. The van der Waals surface area contributed by atoms with Crippen LogP contribution in [0.5, 0.6) is 11.8 Å². The number of carboxylic acids is 2. The highest BCUT2D eigenvalue weighted by Crippen LogP contribution is 2.42. The van der Waals surface area contributed by atoms with Crippen molar-refractivity contribution >= 4 is 35.1 Å². The Morgan fingerprint density at radius 2 is 1.02 bits per heavy atom. The van der Waals surface area contributed by atoms with Crippen LogP contribution in [-0.4, -0.2) is 80.8 Å². The van der Waals surface area contributed by atoms with Crippen molar-refractivity contribution in [2.45, 2.75) is 38.0 Å². The molecule has 12 nitrogen and oxygen atoms in total. The number of ether oxygens (including phenoxy) is 2. The van der Waals surface area contributed by atoms with E-state index in [-0.39, 0.29) is 24.8 Å². The molecule has 14 heteroatoms. The fraction of sp³-hybridized carbons (Fsp3) is 0.294. The standard InChI is InChI=1S/C34H36Cl2N4O8/c1-33(17-41,31(43)44)37-15-19-11-13-25(39-29(19)47-3)23-9-5-7-21(27(23)35)22-8-6-10-24(28(22)36)26-14-12-20(30(40-26)48-4)16-38-34(2,18-42)32(45)46/h5-14,37-38,41-42H,15-18H2,1-4H3,(H,43,44)(H,45,46)/t33-,34?/m0/s1. The maximum atomic E-state index is 11.6. The average molecular weight is 700 g/mol. The third kappa shape index (κ3) is 7.54. The van der Waals surface area contributed by atoms with Gasteiger partial charge in [-0.05, 0) is 26.0 Å². The maximum Gasteiger partial charge on any atom is 0.326 e. The highest BCUT2D eigenvalue weighted by molar-refractivity contribution is 6.39. The fourth-order valence-electron chi connectivity index (χ4n) is 4.72. The average Bonchev–Trinajstić information content (AvgIpc) is 3.09. The number of aliphatic hydroxyl groups is 2. The second-order valence-corrected chi connectivity index (χ2v) is 12.1. The minimum Gasteiger partial charge on any atom is -0.481 e. The number of methoxy groups -OCH3 is 2. The van der Waals surface area contributed by atoms with Gasteiger partial charge in [0.25, 0.3) is 0 Å². The quantitative estimate of drug-likeness (QED) is 0.101. The SMILES string of the molecule is COc1nc(-c2cccc(-c3cccc(-c4ccc(CN[C@@](C)(CO)C(=O)O)c(OC)n4)c3Cl)c2Cl)ccc1CNC(C)(CO)C(=O)O. The van der Waals surface area contributed by atoms with E-state index in [2.05, 4.69) is 20.6 Å². The van der Waals surface area contributed by atoms with Gasteiger partial charge in [-0.3, -0.25) is 20.2 Å². The molecular formula is C34H36Cl2N4O8. The molecule has 0 saturated carbocycles. The molecule has 0 aliphatic rings. The summed E-state index contributed by atoms with van der Waals surface area (Å²) in [6.07, 6.45) is 0. The number of nitrogens with one attached hydrogen (secondary N) is 2. The first-order chi connectivity index (χ1) is 22.8. The fourth-order valence-corrected chi connectivity index (χ4v) is 5.36. The highest BCUT2D eigenvalue weighted by atomic mass is 35.5. The van der Waals surface area contributed by atoms with Gasteiger partial charge in [0, 0.05) is 46.5 Å². The van der Waals surface area contributed by atoms with E-state index in [1.807, 2.05) is 36.4 Å². The van der Waals surface area contributed by atoms with Crippen molar-refractivity contribution in [1.82, 2.24) is 20.6 Å². The summed E-state index contributed by atoms with van der Waals surface area (Å²) in [6, 6.07) is 17.9. The van der Waals surface area contributed by atoms with Crippen LogP contribution in [0.4, 0.5) is 0 Å². The molecule has 6 N–H and O–H groups in total. The molecule has 254 valence electrons. The summed E-state index contributed by atoms with van der Waals surface area (Å²) in [7, 11) is 2.91. The monoisotopic (exact) mass is 698 g/mol. The van der Waals surface area contributed by atoms with Crippen LogP contribution in [0, 0.1) is 0 Å². The van der Waals surface area contributed by atoms with Crippen LogP contribution in [0.3, 0.4) is 0 Å². The van der Waals surface area contributed by atoms with E-state index in [0.717, 1.165) is 0 Å². The van der Waals surface area contributed by atoms with Crippen molar-refractivity contribution in [3.8, 4) is 45.4 Å². The zero-order chi connectivity index (χ0) is 35.2. The van der Waals surface area contributed by atoms with Gasteiger partial charge in [0.05, 0.1) is 48.9 Å². The molecule has 48 heavy (non-hydrogen) atoms. The second-order valence-electron chi connectivity index (χ2n) is 11.4. The van der Waals surface area contributed by atoms with Crippen molar-refractivity contribution in [2.24, 2.45) is 0 Å². The maximum absolute atomic E-state index is 11.6. The topological polar surface area (TPSA) is 183 Å². The number of pyridine rings is 2. The summed E-state index contributed by atoms with van der Waals surface area (Å²) < 4.78 is 11.0. The number of aliphatic hydroxyl groups excluding tert-OH is 2. The van der Waals surface area contributed by atoms with E-state index >= 15 is 0 Å². The van der Waals surface area contributed by atoms with Gasteiger partial charge in [-0.2, -0.15) is 0 Å². The Labute approximate surface area is 287 Å². The summed E-state index contributed by atoms with van der Waals surface area (Å²) in [4.78, 5) is 32.4. The van der Waals surface area contributed by atoms with Crippen molar-refractivity contribution in [1.29, 1.82) is 0 Å². The summed E-state index contributed by atoms with van der Waals surface area (Å²) in [5.74, 6) is -1.86. The zero-order valence-electron chi connectivity index (χ0n) is 26.7. The van der Waals surface area contributed by atoms with Gasteiger partial charge in [0.15, 0.2) is 0 Å². The summed E-state index contributed by atoms with van der Waals surface area (Å²) in [5, 5.41) is 44.5. The number of nitrogens with zero attached hydrogens (tertiary/aromatic N) is 2. The minimum absolute atomic E-state index is 0.0800. The number of rotatable bonds is 15. The molecule has 2 aromatic carbocycles. The molecule has 2 heterocycles. The third-order valence-electron chi connectivity index (χ3n) is 8.02. The Kier molecular flexibility index (Phi) is 11.6. The van der Waals surface area contributed by atoms with Gasteiger partial charge in [-0.25, -0.2) is 9.97 Å². The molecule has 2 aromatic heterocycles. The number of carboxylic acid groups (broad SMARTS) is 2. The summed E-state index contributed by atoms with van der Waals surface area (Å²) >= 11 is 14.0. The van der Waals surface area contributed by atoms with Crippen LogP contribution in [0.15, 0.2) is 60.7 Å². The zero-order valence-corrected chi connectivity index (χ0v) is 28.2. The lowest BCUT2D eigenvalue weighted by Crippen LogP contribution is -2.52. The molecule has 1 unspecified atom stereocenters. The van der Waals surface area contributed by atoms with E-state index < -0.39 is 36.2 Å².